The van der Waals surface area contributed by atoms with Crippen LogP contribution >= 0.6 is 23.1 Å². The Hall–Kier alpha value is -2.33. The Morgan fingerprint density at radius 2 is 2.03 bits per heavy atom. The molecule has 164 valence electrons. The average Bonchev–Trinajstić information content (AvgIpc) is 3.11. The Bertz CT molecular complexity index is 1220. The lowest BCUT2D eigenvalue weighted by atomic mass is 9.97. The predicted octanol–water partition coefficient (Wildman–Crippen LogP) is 4.57. The molecule has 1 aliphatic rings. The third kappa shape index (κ3) is 4.10. The van der Waals surface area contributed by atoms with E-state index in [1.165, 1.54) is 35.1 Å². The number of carbonyl (C=O) groups excluding carboxylic acids is 1. The minimum absolute atomic E-state index is 0.0802. The fourth-order valence-electron chi connectivity index (χ4n) is 3.73. The number of nitrogens with zero attached hydrogens (tertiary/aromatic N) is 2. The van der Waals surface area contributed by atoms with Crippen LogP contribution in [0.1, 0.15) is 35.8 Å². The predicted molar refractivity (Wildman–Crippen MR) is 116 cm³/mol. The quantitative estimate of drug-likeness (QED) is 0.451. The molecule has 1 unspecified atom stereocenters. The van der Waals surface area contributed by atoms with Gasteiger partial charge in [0.05, 0.1) is 21.9 Å². The molecule has 0 aliphatic heterocycles. The lowest BCUT2D eigenvalue weighted by molar-refractivity contribution is -0.137. The lowest BCUT2D eigenvalue weighted by Crippen LogP contribution is -2.29. The number of thiophene rings is 1. The van der Waals surface area contributed by atoms with Crippen LogP contribution in [0.15, 0.2) is 34.2 Å². The molecule has 1 aliphatic carbocycles. The van der Waals surface area contributed by atoms with Gasteiger partial charge in [-0.05, 0) is 56.4 Å². The highest BCUT2D eigenvalue weighted by Gasteiger charge is 2.31. The minimum atomic E-state index is -4.54. The number of fused-ring (bicyclic) bond motifs is 3. The van der Waals surface area contributed by atoms with Gasteiger partial charge in [-0.25, -0.2) is 4.98 Å². The number of hydrogen-bond acceptors (Lipinski definition) is 5. The molecule has 1 atom stereocenters. The van der Waals surface area contributed by atoms with E-state index in [1.54, 1.807) is 6.92 Å². The van der Waals surface area contributed by atoms with E-state index >= 15 is 0 Å². The number of thioether (sulfide) groups is 1. The van der Waals surface area contributed by atoms with Crippen molar-refractivity contribution in [3.05, 3.63) is 50.6 Å². The Kier molecular flexibility index (Phi) is 5.87. The summed E-state index contributed by atoms with van der Waals surface area (Å²) < 4.78 is 41.2. The van der Waals surface area contributed by atoms with E-state index in [1.807, 2.05) is 0 Å². The molecule has 4 rings (SSSR count). The van der Waals surface area contributed by atoms with Crippen LogP contribution in [0.4, 0.5) is 13.2 Å². The van der Waals surface area contributed by atoms with E-state index in [0.717, 1.165) is 60.0 Å². The Morgan fingerprint density at radius 3 is 2.74 bits per heavy atom. The molecule has 1 amide bonds. The van der Waals surface area contributed by atoms with Gasteiger partial charge in [0.2, 0.25) is 5.91 Å². The maximum atomic E-state index is 13.6. The molecular formula is C21H20F3N3O2S2. The summed E-state index contributed by atoms with van der Waals surface area (Å²) in [6.07, 6.45) is -0.906. The number of aryl methyl sites for hydroxylation is 2. The van der Waals surface area contributed by atoms with Gasteiger partial charge in [-0.2, -0.15) is 13.2 Å². The molecule has 0 spiro atoms. The molecular weight excluding hydrogens is 447 g/mol. The Labute approximate surface area is 184 Å². The van der Waals surface area contributed by atoms with E-state index in [9.17, 15) is 22.8 Å². The zero-order valence-corrected chi connectivity index (χ0v) is 18.5. The average molecular weight is 468 g/mol. The van der Waals surface area contributed by atoms with Gasteiger partial charge in [-0.3, -0.25) is 14.2 Å². The summed E-state index contributed by atoms with van der Waals surface area (Å²) in [5, 5.41) is 2.64. The molecule has 5 nitrogen and oxygen atoms in total. The van der Waals surface area contributed by atoms with Crippen LogP contribution in [0.5, 0.6) is 0 Å². The van der Waals surface area contributed by atoms with Crippen LogP contribution in [-0.2, 0) is 23.8 Å². The highest BCUT2D eigenvalue weighted by molar-refractivity contribution is 8.00. The van der Waals surface area contributed by atoms with Gasteiger partial charge in [0.1, 0.15) is 4.83 Å². The molecule has 0 fully saturated rings. The second-order valence-corrected chi connectivity index (χ2v) is 9.74. The van der Waals surface area contributed by atoms with Crippen molar-refractivity contribution in [2.24, 2.45) is 0 Å². The van der Waals surface area contributed by atoms with Crippen molar-refractivity contribution in [2.75, 3.05) is 7.05 Å². The molecule has 2 aromatic heterocycles. The maximum absolute atomic E-state index is 13.6. The Morgan fingerprint density at radius 1 is 1.29 bits per heavy atom. The topological polar surface area (TPSA) is 64.0 Å². The van der Waals surface area contributed by atoms with E-state index < -0.39 is 22.5 Å². The molecule has 1 aromatic carbocycles. The fourth-order valence-corrected chi connectivity index (χ4v) is 6.02. The molecule has 0 saturated heterocycles. The van der Waals surface area contributed by atoms with Crippen molar-refractivity contribution in [3.63, 3.8) is 0 Å². The third-order valence-electron chi connectivity index (χ3n) is 5.29. The highest BCUT2D eigenvalue weighted by Crippen LogP contribution is 2.36. The normalized spacial score (nSPS) is 15.0. The monoisotopic (exact) mass is 467 g/mol. The second-order valence-electron chi connectivity index (χ2n) is 7.35. The first-order valence-electron chi connectivity index (χ1n) is 9.84. The first-order chi connectivity index (χ1) is 14.7. The van der Waals surface area contributed by atoms with Gasteiger partial charge in [0.15, 0.2) is 5.16 Å². The highest BCUT2D eigenvalue weighted by atomic mass is 32.2. The number of benzene rings is 1. The van der Waals surface area contributed by atoms with Gasteiger partial charge in [-0.1, -0.05) is 17.8 Å². The summed E-state index contributed by atoms with van der Waals surface area (Å²) >= 11 is 2.51. The maximum Gasteiger partial charge on any atom is 0.416 e. The van der Waals surface area contributed by atoms with E-state index in [4.69, 9.17) is 0 Å². The zero-order valence-electron chi connectivity index (χ0n) is 16.9. The minimum Gasteiger partial charge on any atom is -0.358 e. The van der Waals surface area contributed by atoms with Crippen LogP contribution in [0.2, 0.25) is 0 Å². The van der Waals surface area contributed by atoms with Crippen LogP contribution in [0.3, 0.4) is 0 Å². The number of halogens is 3. The SMILES string of the molecule is CNC(=O)C(C)Sc1nc2sc3c(c2c(=O)n1-c1cccc(C(F)(F)F)c1)CCCC3. The molecule has 1 N–H and O–H groups in total. The summed E-state index contributed by atoms with van der Waals surface area (Å²) in [6, 6.07) is 4.64. The fraction of sp³-hybridized carbons (Fsp3) is 0.381. The molecule has 0 radical (unpaired) electrons. The Balaban J connectivity index is 1.97. The third-order valence-corrected chi connectivity index (χ3v) is 7.53. The number of rotatable bonds is 4. The standard InChI is InChI=1S/C21H20F3N3O2S2/c1-11(17(28)25-2)30-20-26-18-16(14-8-3-4-9-15(14)31-18)19(29)27(20)13-7-5-6-12(10-13)21(22,23)24/h5-7,10-11H,3-4,8-9H2,1-2H3,(H,25,28). The van der Waals surface area contributed by atoms with Gasteiger partial charge in [-0.15, -0.1) is 11.3 Å². The smallest absolute Gasteiger partial charge is 0.358 e. The van der Waals surface area contributed by atoms with Crippen molar-refractivity contribution in [3.8, 4) is 5.69 Å². The van der Waals surface area contributed by atoms with E-state index in [-0.39, 0.29) is 16.8 Å². The van der Waals surface area contributed by atoms with Gasteiger partial charge >= 0.3 is 6.18 Å². The number of aromatic nitrogens is 2. The molecule has 31 heavy (non-hydrogen) atoms. The second kappa shape index (κ2) is 8.31. The largest absolute Gasteiger partial charge is 0.416 e. The van der Waals surface area contributed by atoms with Crippen LogP contribution in [0, 0.1) is 0 Å². The van der Waals surface area contributed by atoms with Crippen molar-refractivity contribution in [1.82, 2.24) is 14.9 Å². The van der Waals surface area contributed by atoms with Gasteiger partial charge < -0.3 is 5.32 Å². The zero-order chi connectivity index (χ0) is 22.3. The van der Waals surface area contributed by atoms with E-state index in [0.29, 0.717) is 10.2 Å². The van der Waals surface area contributed by atoms with Crippen molar-refractivity contribution < 1.29 is 18.0 Å². The van der Waals surface area contributed by atoms with Crippen molar-refractivity contribution in [1.29, 1.82) is 0 Å². The summed E-state index contributed by atoms with van der Waals surface area (Å²) in [6.45, 7) is 1.66. The van der Waals surface area contributed by atoms with Gasteiger partial charge in [0.25, 0.3) is 5.56 Å². The summed E-state index contributed by atoms with van der Waals surface area (Å²) in [5.41, 5.74) is -0.202. The number of amides is 1. The molecule has 0 bridgehead atoms. The van der Waals surface area contributed by atoms with Gasteiger partial charge in [0, 0.05) is 11.9 Å². The molecule has 10 heteroatoms. The van der Waals surface area contributed by atoms with E-state index in [2.05, 4.69) is 10.3 Å². The number of nitrogens with one attached hydrogen (secondary N) is 1. The first kappa shape index (κ1) is 21.9. The van der Waals surface area contributed by atoms with Crippen molar-refractivity contribution >= 4 is 39.2 Å². The summed E-state index contributed by atoms with van der Waals surface area (Å²) in [5.74, 6) is -0.264. The first-order valence-corrected chi connectivity index (χ1v) is 11.5. The molecule has 2 heterocycles. The van der Waals surface area contributed by atoms with Crippen LogP contribution in [-0.4, -0.2) is 27.8 Å². The number of carbonyl (C=O) groups is 1. The van der Waals surface area contributed by atoms with Crippen molar-refractivity contribution in [2.45, 2.75) is 49.2 Å². The number of alkyl halides is 3. The summed E-state index contributed by atoms with van der Waals surface area (Å²) in [7, 11) is 1.50. The van der Waals surface area contributed by atoms with Crippen LogP contribution in [0.25, 0.3) is 15.9 Å². The van der Waals surface area contributed by atoms with Crippen LogP contribution < -0.4 is 10.9 Å². The molecule has 3 aromatic rings. The lowest BCUT2D eigenvalue weighted by Gasteiger charge is -2.17. The number of hydrogen-bond donors (Lipinski definition) is 1. The molecule has 0 saturated carbocycles. The summed E-state index contributed by atoms with van der Waals surface area (Å²) in [4.78, 5) is 32.0.